The van der Waals surface area contributed by atoms with Gasteiger partial charge >= 0.3 is 0 Å². The number of hydrogen-bond donors (Lipinski definition) is 0. The lowest BCUT2D eigenvalue weighted by molar-refractivity contribution is 0.258. The van der Waals surface area contributed by atoms with Crippen LogP contribution in [0, 0.1) is 0 Å². The summed E-state index contributed by atoms with van der Waals surface area (Å²) in [6.45, 7) is 0. The van der Waals surface area contributed by atoms with Crippen molar-refractivity contribution in [3.05, 3.63) is 71.3 Å². The van der Waals surface area contributed by atoms with Crippen LogP contribution in [0.4, 0.5) is 0 Å². The molecular formula is C18H22ClN. The largest absolute Gasteiger partial charge is 0.306 e. The second-order valence-electron chi connectivity index (χ2n) is 5.72. The molecule has 3 rings (SSSR count). The smallest absolute Gasteiger partial charge is 0.0139 e. The van der Waals surface area contributed by atoms with Gasteiger partial charge in [-0.1, -0.05) is 54.6 Å². The molecule has 0 aromatic heterocycles. The van der Waals surface area contributed by atoms with Crippen molar-refractivity contribution < 1.29 is 0 Å². The van der Waals surface area contributed by atoms with Crippen molar-refractivity contribution in [2.45, 2.75) is 24.8 Å². The third-order valence-electron chi connectivity index (χ3n) is 4.33. The van der Waals surface area contributed by atoms with Crippen molar-refractivity contribution in [3.63, 3.8) is 0 Å². The molecule has 0 aliphatic heterocycles. The van der Waals surface area contributed by atoms with Crippen LogP contribution < -0.4 is 0 Å². The topological polar surface area (TPSA) is 3.24 Å². The molecule has 20 heavy (non-hydrogen) atoms. The summed E-state index contributed by atoms with van der Waals surface area (Å²) in [5.41, 5.74) is 4.48. The third kappa shape index (κ3) is 2.89. The van der Waals surface area contributed by atoms with E-state index in [1.807, 2.05) is 0 Å². The second kappa shape index (κ2) is 6.43. The quantitative estimate of drug-likeness (QED) is 0.803. The third-order valence-corrected chi connectivity index (χ3v) is 4.33. The minimum Gasteiger partial charge on any atom is -0.306 e. The van der Waals surface area contributed by atoms with E-state index in [4.69, 9.17) is 0 Å². The first-order chi connectivity index (χ1) is 9.25. The molecule has 0 fully saturated rings. The van der Waals surface area contributed by atoms with E-state index in [9.17, 15) is 0 Å². The average Bonchev–Trinajstić information content (AvgIpc) is 2.47. The van der Waals surface area contributed by atoms with Crippen LogP contribution in [0.3, 0.4) is 0 Å². The van der Waals surface area contributed by atoms with Crippen LogP contribution in [-0.4, -0.2) is 25.0 Å². The van der Waals surface area contributed by atoms with Crippen molar-refractivity contribution in [2.24, 2.45) is 0 Å². The molecule has 0 saturated heterocycles. The van der Waals surface area contributed by atoms with Gasteiger partial charge in [-0.2, -0.15) is 0 Å². The predicted molar refractivity (Wildman–Crippen MR) is 87.8 cm³/mol. The zero-order chi connectivity index (χ0) is 13.2. The van der Waals surface area contributed by atoms with E-state index in [1.54, 1.807) is 0 Å². The van der Waals surface area contributed by atoms with Gasteiger partial charge in [0.25, 0.3) is 0 Å². The summed E-state index contributed by atoms with van der Waals surface area (Å²) in [6.07, 6.45) is 2.39. The summed E-state index contributed by atoms with van der Waals surface area (Å²) in [5, 5.41) is 0. The average molecular weight is 288 g/mol. The van der Waals surface area contributed by atoms with Gasteiger partial charge in [0, 0.05) is 12.0 Å². The van der Waals surface area contributed by atoms with Gasteiger partial charge in [0.2, 0.25) is 0 Å². The summed E-state index contributed by atoms with van der Waals surface area (Å²) in [6, 6.07) is 20.5. The Hall–Kier alpha value is -1.31. The molecule has 2 aromatic carbocycles. The number of fused-ring (bicyclic) bond motifs is 1. The molecule has 1 aliphatic rings. The van der Waals surface area contributed by atoms with Gasteiger partial charge in [0.05, 0.1) is 0 Å². The fourth-order valence-corrected chi connectivity index (χ4v) is 3.19. The van der Waals surface area contributed by atoms with Crippen LogP contribution in [0.15, 0.2) is 54.6 Å². The molecule has 2 heteroatoms. The Morgan fingerprint density at radius 1 is 0.900 bits per heavy atom. The van der Waals surface area contributed by atoms with Gasteiger partial charge in [0.1, 0.15) is 0 Å². The second-order valence-corrected chi connectivity index (χ2v) is 5.72. The molecule has 0 heterocycles. The van der Waals surface area contributed by atoms with Crippen LogP contribution >= 0.6 is 12.4 Å². The Morgan fingerprint density at radius 2 is 1.55 bits per heavy atom. The van der Waals surface area contributed by atoms with Gasteiger partial charge in [0.15, 0.2) is 0 Å². The molecule has 0 saturated carbocycles. The number of likely N-dealkylation sites (N-methyl/N-ethyl adjacent to an activating group) is 1. The SMILES string of the molecule is CN(C)C1Cc2ccccc2C(c2ccccc2)C1.Cl. The normalized spacial score (nSPS) is 21.1. The molecule has 2 unspecified atom stereocenters. The van der Waals surface area contributed by atoms with Crippen molar-refractivity contribution in [1.29, 1.82) is 0 Å². The predicted octanol–water partition coefficient (Wildman–Crippen LogP) is 4.12. The molecular weight excluding hydrogens is 266 g/mol. The van der Waals surface area contributed by atoms with Crippen LogP contribution in [0.25, 0.3) is 0 Å². The summed E-state index contributed by atoms with van der Waals surface area (Å²) in [4.78, 5) is 2.37. The van der Waals surface area contributed by atoms with Crippen LogP contribution in [0.1, 0.15) is 29.0 Å². The highest BCUT2D eigenvalue weighted by molar-refractivity contribution is 5.85. The van der Waals surface area contributed by atoms with Gasteiger partial charge in [-0.3, -0.25) is 0 Å². The van der Waals surface area contributed by atoms with Gasteiger partial charge in [-0.05, 0) is 43.6 Å². The number of rotatable bonds is 2. The first kappa shape index (κ1) is 15.1. The van der Waals surface area contributed by atoms with E-state index in [2.05, 4.69) is 73.6 Å². The van der Waals surface area contributed by atoms with E-state index < -0.39 is 0 Å². The summed E-state index contributed by atoms with van der Waals surface area (Å²) >= 11 is 0. The number of hydrogen-bond acceptors (Lipinski definition) is 1. The Bertz CT molecular complexity index is 550. The van der Waals surface area contributed by atoms with Crippen LogP contribution in [-0.2, 0) is 6.42 Å². The lowest BCUT2D eigenvalue weighted by atomic mass is 9.76. The van der Waals surface area contributed by atoms with Gasteiger partial charge in [-0.15, -0.1) is 12.4 Å². The fourth-order valence-electron chi connectivity index (χ4n) is 3.19. The van der Waals surface area contributed by atoms with Gasteiger partial charge < -0.3 is 4.90 Å². The highest BCUT2D eigenvalue weighted by Crippen LogP contribution is 2.37. The highest BCUT2D eigenvalue weighted by atomic mass is 35.5. The first-order valence-corrected chi connectivity index (χ1v) is 7.05. The summed E-state index contributed by atoms with van der Waals surface area (Å²) in [7, 11) is 4.39. The Kier molecular flexibility index (Phi) is 4.85. The number of nitrogens with zero attached hydrogens (tertiary/aromatic N) is 1. The summed E-state index contributed by atoms with van der Waals surface area (Å²) in [5.74, 6) is 0.540. The summed E-state index contributed by atoms with van der Waals surface area (Å²) < 4.78 is 0. The monoisotopic (exact) mass is 287 g/mol. The molecule has 1 aliphatic carbocycles. The zero-order valence-electron chi connectivity index (χ0n) is 12.1. The maximum Gasteiger partial charge on any atom is 0.0139 e. The van der Waals surface area contributed by atoms with Gasteiger partial charge in [-0.25, -0.2) is 0 Å². The maximum absolute atomic E-state index is 2.37. The molecule has 0 bridgehead atoms. The van der Waals surface area contributed by atoms with Crippen molar-refractivity contribution in [2.75, 3.05) is 14.1 Å². The molecule has 2 atom stereocenters. The molecule has 106 valence electrons. The van der Waals surface area contributed by atoms with Crippen LogP contribution in [0.5, 0.6) is 0 Å². The minimum atomic E-state index is 0. The Morgan fingerprint density at radius 3 is 2.25 bits per heavy atom. The fraction of sp³-hybridized carbons (Fsp3) is 0.333. The first-order valence-electron chi connectivity index (χ1n) is 7.05. The standard InChI is InChI=1S/C18H21N.ClH/c1-19(2)16-12-15-10-6-7-11-17(15)18(13-16)14-8-4-3-5-9-14;/h3-11,16,18H,12-13H2,1-2H3;1H. The molecule has 0 spiro atoms. The van der Waals surface area contributed by atoms with E-state index in [0.717, 1.165) is 0 Å². The van der Waals surface area contributed by atoms with Crippen molar-refractivity contribution in [3.8, 4) is 0 Å². The Labute approximate surface area is 128 Å². The molecule has 0 radical (unpaired) electrons. The maximum atomic E-state index is 2.37. The van der Waals surface area contributed by atoms with Crippen LogP contribution in [0.2, 0.25) is 0 Å². The van der Waals surface area contributed by atoms with E-state index in [-0.39, 0.29) is 12.4 Å². The van der Waals surface area contributed by atoms with E-state index in [0.29, 0.717) is 12.0 Å². The number of halogens is 1. The molecule has 0 amide bonds. The van der Waals surface area contributed by atoms with E-state index >= 15 is 0 Å². The highest BCUT2D eigenvalue weighted by Gasteiger charge is 2.28. The van der Waals surface area contributed by atoms with Crippen molar-refractivity contribution >= 4 is 12.4 Å². The zero-order valence-corrected chi connectivity index (χ0v) is 12.9. The number of benzene rings is 2. The molecule has 1 nitrogen and oxygen atoms in total. The lowest BCUT2D eigenvalue weighted by Crippen LogP contribution is -2.35. The Balaban J connectivity index is 0.00000147. The lowest BCUT2D eigenvalue weighted by Gasteiger charge is -2.35. The minimum absolute atomic E-state index is 0. The van der Waals surface area contributed by atoms with Crippen molar-refractivity contribution in [1.82, 2.24) is 4.90 Å². The molecule has 0 N–H and O–H groups in total. The molecule has 2 aromatic rings. The van der Waals surface area contributed by atoms with E-state index in [1.165, 1.54) is 29.5 Å².